The van der Waals surface area contributed by atoms with Crippen LogP contribution in [0, 0.1) is 0 Å². The molecule has 0 saturated carbocycles. The fraction of sp³-hybridized carbons (Fsp3) is 1.00. The van der Waals surface area contributed by atoms with Gasteiger partial charge >= 0.3 is 0 Å². The molecule has 0 rings (SSSR count). The van der Waals surface area contributed by atoms with E-state index in [1.165, 1.54) is 0 Å². The summed E-state index contributed by atoms with van der Waals surface area (Å²) in [5, 5.41) is 7.90. The second-order valence-electron chi connectivity index (χ2n) is 2.20. The van der Waals surface area contributed by atoms with E-state index in [-0.39, 0.29) is 7.58 Å². The molecule has 0 aromatic heterocycles. The first-order valence-electron chi connectivity index (χ1n) is 1.89. The molecule has 0 aliphatic carbocycles. The van der Waals surface area contributed by atoms with Gasteiger partial charge in [-0.15, -0.1) is 0 Å². The first-order valence-corrected chi connectivity index (χ1v) is 1.89. The predicted octanol–water partition coefficient (Wildman–Crippen LogP) is 1.68. The highest BCUT2D eigenvalue weighted by Gasteiger charge is 2.06. The molecule has 0 aromatic carbocycles. The topological polar surface area (TPSA) is 64.5 Å². The zero-order chi connectivity index (χ0) is 5.21. The molecule has 0 saturated heterocycles. The van der Waals surface area contributed by atoms with Crippen LogP contribution in [0.5, 0.6) is 0 Å². The molecule has 3 heteroatoms. The largest absolute Gasteiger partial charge is 0.344 e. The highest BCUT2D eigenvalue weighted by Crippen LogP contribution is 2.01. The molecule has 0 aliphatic heterocycles. The summed E-state index contributed by atoms with van der Waals surface area (Å²) in [5.41, 5.74) is -0.403. The van der Waals surface area contributed by atoms with Crippen molar-refractivity contribution in [2.24, 2.45) is 0 Å². The van der Waals surface area contributed by atoms with Crippen LogP contribution in [0.4, 0.5) is 0 Å². The van der Waals surface area contributed by atoms with Gasteiger partial charge in [-0.25, -0.2) is 4.89 Å². The van der Waals surface area contributed by atoms with Crippen LogP contribution in [0.2, 0.25) is 0 Å². The van der Waals surface area contributed by atoms with Gasteiger partial charge in [0.05, 0.1) is 5.60 Å². The molecule has 0 bridgehead atoms. The molecular weight excluding hydrogens is 94.0 g/mol. The van der Waals surface area contributed by atoms with Crippen molar-refractivity contribution in [3.8, 4) is 0 Å². The van der Waals surface area contributed by atoms with Crippen molar-refractivity contribution in [3.63, 3.8) is 0 Å². The standard InChI is InChI=1S/C4H10O2.H3N.H2/c1-4(2,3)6-5;;/h5H,1-3H3;1H3;1H. The van der Waals surface area contributed by atoms with E-state index >= 15 is 0 Å². The zero-order valence-electron chi connectivity index (χ0n) is 5.06. The molecule has 7 heavy (non-hydrogen) atoms. The van der Waals surface area contributed by atoms with Crippen LogP contribution in [-0.4, -0.2) is 10.9 Å². The Labute approximate surface area is 45.3 Å². The predicted molar refractivity (Wildman–Crippen MR) is 30.6 cm³/mol. The van der Waals surface area contributed by atoms with Crippen LogP contribution in [-0.2, 0) is 4.89 Å². The Bertz CT molecular complexity index is 43.8. The first-order chi connectivity index (χ1) is 2.56. The van der Waals surface area contributed by atoms with Crippen molar-refractivity contribution < 1.29 is 11.6 Å². The van der Waals surface area contributed by atoms with Crippen molar-refractivity contribution in [1.82, 2.24) is 6.15 Å². The van der Waals surface area contributed by atoms with E-state index in [0.717, 1.165) is 0 Å². The maximum Gasteiger partial charge on any atom is 0.0949 e. The molecule has 0 aromatic rings. The quantitative estimate of drug-likeness (QED) is 0.367. The molecule has 48 valence electrons. The fourth-order valence-electron chi connectivity index (χ4n) is 0. The smallest absolute Gasteiger partial charge is 0.0949 e. The van der Waals surface area contributed by atoms with E-state index < -0.39 is 5.60 Å². The second-order valence-corrected chi connectivity index (χ2v) is 2.20. The van der Waals surface area contributed by atoms with E-state index in [9.17, 15) is 0 Å². The van der Waals surface area contributed by atoms with E-state index in [1.54, 1.807) is 20.8 Å². The lowest BCUT2D eigenvalue weighted by Gasteiger charge is -2.10. The fourth-order valence-corrected chi connectivity index (χ4v) is 0. The van der Waals surface area contributed by atoms with Crippen LogP contribution in [0.1, 0.15) is 22.2 Å². The van der Waals surface area contributed by atoms with Crippen LogP contribution in [0.3, 0.4) is 0 Å². The van der Waals surface area contributed by atoms with E-state index in [2.05, 4.69) is 4.89 Å². The lowest BCUT2D eigenvalue weighted by molar-refractivity contribution is -0.306. The van der Waals surface area contributed by atoms with Crippen LogP contribution in [0.25, 0.3) is 0 Å². The molecule has 0 amide bonds. The molecule has 0 atom stereocenters. The average molecular weight is 109 g/mol. The SMILES string of the molecule is CC(C)(C)OO.N.[HH]. The molecule has 0 heterocycles. The summed E-state index contributed by atoms with van der Waals surface area (Å²) in [7, 11) is 0. The Hall–Kier alpha value is -0.120. The van der Waals surface area contributed by atoms with Crippen molar-refractivity contribution in [1.29, 1.82) is 0 Å². The molecule has 0 spiro atoms. The third-order valence-electron chi connectivity index (χ3n) is 0.274. The Morgan fingerprint density at radius 1 is 1.43 bits per heavy atom. The summed E-state index contributed by atoms with van der Waals surface area (Å²) in [5.74, 6) is 0. The van der Waals surface area contributed by atoms with Gasteiger partial charge in [0.2, 0.25) is 0 Å². The molecule has 0 aliphatic rings. The van der Waals surface area contributed by atoms with Crippen molar-refractivity contribution in [3.05, 3.63) is 0 Å². The molecule has 0 fully saturated rings. The van der Waals surface area contributed by atoms with Crippen molar-refractivity contribution in [2.75, 3.05) is 0 Å². The van der Waals surface area contributed by atoms with Gasteiger partial charge in [-0.2, -0.15) is 0 Å². The normalized spacial score (nSPS) is 10.3. The van der Waals surface area contributed by atoms with Gasteiger partial charge in [-0.1, -0.05) is 0 Å². The zero-order valence-corrected chi connectivity index (χ0v) is 5.06. The summed E-state index contributed by atoms with van der Waals surface area (Å²) < 4.78 is 0. The Morgan fingerprint density at radius 3 is 1.57 bits per heavy atom. The lowest BCUT2D eigenvalue weighted by atomic mass is 10.2. The summed E-state index contributed by atoms with van der Waals surface area (Å²) >= 11 is 0. The third kappa shape index (κ3) is 10.7. The van der Waals surface area contributed by atoms with Gasteiger partial charge in [0, 0.05) is 1.43 Å². The van der Waals surface area contributed by atoms with Crippen LogP contribution < -0.4 is 6.15 Å². The minimum Gasteiger partial charge on any atom is -0.344 e. The summed E-state index contributed by atoms with van der Waals surface area (Å²) in [6.45, 7) is 5.31. The number of hydrogen-bond donors (Lipinski definition) is 2. The highest BCUT2D eigenvalue weighted by atomic mass is 17.1. The van der Waals surface area contributed by atoms with Gasteiger partial charge in [0.25, 0.3) is 0 Å². The average Bonchev–Trinajstić information content (AvgIpc) is 1.35. The first kappa shape index (κ1) is 9.99. The van der Waals surface area contributed by atoms with Gasteiger partial charge < -0.3 is 6.15 Å². The van der Waals surface area contributed by atoms with Crippen LogP contribution in [0.15, 0.2) is 0 Å². The van der Waals surface area contributed by atoms with Gasteiger partial charge in [-0.3, -0.25) is 5.26 Å². The maximum absolute atomic E-state index is 7.90. The Balaban J connectivity index is -0.000000125. The molecule has 0 radical (unpaired) electrons. The van der Waals surface area contributed by atoms with Gasteiger partial charge in [0.15, 0.2) is 0 Å². The van der Waals surface area contributed by atoms with Crippen molar-refractivity contribution >= 4 is 0 Å². The monoisotopic (exact) mass is 109 g/mol. The molecule has 0 unspecified atom stereocenters. The Morgan fingerprint density at radius 2 is 1.57 bits per heavy atom. The van der Waals surface area contributed by atoms with E-state index in [0.29, 0.717) is 0 Å². The van der Waals surface area contributed by atoms with Crippen molar-refractivity contribution in [2.45, 2.75) is 26.4 Å². The number of hydrogen-bond acceptors (Lipinski definition) is 3. The van der Waals surface area contributed by atoms with E-state index in [1.807, 2.05) is 0 Å². The summed E-state index contributed by atoms with van der Waals surface area (Å²) in [6.07, 6.45) is 0. The van der Waals surface area contributed by atoms with Gasteiger partial charge in [0.1, 0.15) is 0 Å². The summed E-state index contributed by atoms with van der Waals surface area (Å²) in [6, 6.07) is 0. The molecule has 3 nitrogen and oxygen atoms in total. The maximum atomic E-state index is 7.90. The van der Waals surface area contributed by atoms with Crippen LogP contribution >= 0.6 is 0 Å². The number of rotatable bonds is 0. The minimum absolute atomic E-state index is 0. The molecular formula is C4H15NO2. The second kappa shape index (κ2) is 2.96. The third-order valence-corrected chi connectivity index (χ3v) is 0.274. The Kier molecular flexibility index (Phi) is 4.22. The summed E-state index contributed by atoms with van der Waals surface area (Å²) in [4.78, 5) is 3.94. The van der Waals surface area contributed by atoms with Gasteiger partial charge in [-0.05, 0) is 20.8 Å². The minimum atomic E-state index is -0.403. The molecule has 4 N–H and O–H groups in total. The highest BCUT2D eigenvalue weighted by molar-refractivity contribution is 4.53. The lowest BCUT2D eigenvalue weighted by Crippen LogP contribution is -2.15. The van der Waals surface area contributed by atoms with E-state index in [4.69, 9.17) is 5.26 Å².